The Bertz CT molecular complexity index is 894. The summed E-state index contributed by atoms with van der Waals surface area (Å²) in [5, 5.41) is 10.7. The first-order valence-electron chi connectivity index (χ1n) is 8.94. The maximum Gasteiger partial charge on any atom is 0.277 e. The zero-order valence-electron chi connectivity index (χ0n) is 15.3. The van der Waals surface area contributed by atoms with Crippen molar-refractivity contribution in [2.45, 2.75) is 43.6 Å². The predicted molar refractivity (Wildman–Crippen MR) is 105 cm³/mol. The molecule has 1 aliphatic heterocycles. The number of amides is 1. The van der Waals surface area contributed by atoms with Crippen LogP contribution >= 0.6 is 11.8 Å². The average Bonchev–Trinajstić information content (AvgIpc) is 3.21. The number of aromatic nitrogens is 2. The maximum absolute atomic E-state index is 12.3. The number of anilines is 1. The molecule has 1 fully saturated rings. The number of hydrogen-bond donors (Lipinski definition) is 1. The molecule has 2 heterocycles. The van der Waals surface area contributed by atoms with Crippen molar-refractivity contribution in [1.82, 2.24) is 10.2 Å². The molecular formula is C18H23N3O4S2. The highest BCUT2D eigenvalue weighted by Crippen LogP contribution is 2.26. The minimum atomic E-state index is -2.92. The van der Waals surface area contributed by atoms with Crippen LogP contribution in [0.25, 0.3) is 0 Å². The lowest BCUT2D eigenvalue weighted by atomic mass is 10.1. The molecule has 1 aliphatic rings. The second-order valence-corrected chi connectivity index (χ2v) is 10.3. The summed E-state index contributed by atoms with van der Waals surface area (Å²) in [6, 6.07) is 7.74. The Balaban J connectivity index is 1.52. The van der Waals surface area contributed by atoms with E-state index in [0.29, 0.717) is 24.0 Å². The highest BCUT2D eigenvalue weighted by Gasteiger charge is 2.29. The first kappa shape index (κ1) is 19.9. The van der Waals surface area contributed by atoms with Crippen LogP contribution in [0.4, 0.5) is 5.69 Å². The van der Waals surface area contributed by atoms with Crippen molar-refractivity contribution in [3.63, 3.8) is 0 Å². The molecule has 0 bridgehead atoms. The van der Waals surface area contributed by atoms with E-state index in [9.17, 15) is 13.2 Å². The summed E-state index contributed by atoms with van der Waals surface area (Å²) in [7, 11) is -2.92. The minimum absolute atomic E-state index is 0.0279. The SMILES string of the molecule is CCc1ccc(NC(=O)[C@@H](C)Sc2nnc(C[C@@H]3CCS(=O)(=O)C3)o2)cc1. The lowest BCUT2D eigenvalue weighted by molar-refractivity contribution is -0.115. The average molecular weight is 410 g/mol. The van der Waals surface area contributed by atoms with E-state index in [4.69, 9.17) is 4.42 Å². The van der Waals surface area contributed by atoms with Gasteiger partial charge in [-0.15, -0.1) is 10.2 Å². The molecule has 1 aromatic heterocycles. The third-order valence-electron chi connectivity index (χ3n) is 4.51. The zero-order chi connectivity index (χ0) is 19.4. The third kappa shape index (κ3) is 5.55. The Kier molecular flexibility index (Phi) is 6.21. The standard InChI is InChI=1S/C18H23N3O4S2/c1-3-13-4-6-15(7-5-13)19-17(22)12(2)26-18-21-20-16(25-18)10-14-8-9-27(23,24)11-14/h4-7,12,14H,3,8-11H2,1-2H3,(H,19,22)/t12-,14+/m1/s1. The number of aryl methyl sites for hydroxylation is 1. The van der Waals surface area contributed by atoms with Crippen molar-refractivity contribution in [3.8, 4) is 0 Å². The van der Waals surface area contributed by atoms with Crippen molar-refractivity contribution < 1.29 is 17.6 Å². The normalized spacial score (nSPS) is 19.7. The molecule has 0 radical (unpaired) electrons. The van der Waals surface area contributed by atoms with Crippen LogP contribution in [-0.4, -0.2) is 41.3 Å². The largest absolute Gasteiger partial charge is 0.416 e. The summed E-state index contributed by atoms with van der Waals surface area (Å²) in [5.74, 6) is 0.700. The minimum Gasteiger partial charge on any atom is -0.416 e. The van der Waals surface area contributed by atoms with Crippen LogP contribution in [0.2, 0.25) is 0 Å². The molecule has 9 heteroatoms. The zero-order valence-corrected chi connectivity index (χ0v) is 17.0. The van der Waals surface area contributed by atoms with Gasteiger partial charge in [-0.25, -0.2) is 8.42 Å². The Morgan fingerprint density at radius 2 is 2.07 bits per heavy atom. The molecule has 2 atom stereocenters. The molecule has 3 rings (SSSR count). The number of sulfone groups is 1. The first-order valence-corrected chi connectivity index (χ1v) is 11.6. The van der Waals surface area contributed by atoms with Crippen molar-refractivity contribution >= 4 is 33.2 Å². The van der Waals surface area contributed by atoms with Crippen molar-refractivity contribution in [1.29, 1.82) is 0 Å². The molecule has 1 aromatic carbocycles. The highest BCUT2D eigenvalue weighted by atomic mass is 32.2. The predicted octanol–water partition coefficient (Wildman–Crippen LogP) is 2.73. The molecule has 2 aromatic rings. The van der Waals surface area contributed by atoms with Gasteiger partial charge in [0.05, 0.1) is 16.8 Å². The van der Waals surface area contributed by atoms with Gasteiger partial charge in [-0.1, -0.05) is 30.8 Å². The van der Waals surface area contributed by atoms with Crippen LogP contribution in [0.3, 0.4) is 0 Å². The van der Waals surface area contributed by atoms with Crippen molar-refractivity contribution in [2.24, 2.45) is 5.92 Å². The van der Waals surface area contributed by atoms with E-state index in [1.807, 2.05) is 24.3 Å². The lowest BCUT2D eigenvalue weighted by Gasteiger charge is -2.10. The smallest absolute Gasteiger partial charge is 0.277 e. The van der Waals surface area contributed by atoms with Gasteiger partial charge in [-0.2, -0.15) is 0 Å². The van der Waals surface area contributed by atoms with Crippen LogP contribution in [0.1, 0.15) is 31.7 Å². The molecule has 0 spiro atoms. The summed E-state index contributed by atoms with van der Waals surface area (Å²) in [4.78, 5) is 12.3. The molecule has 0 unspecified atom stereocenters. The number of hydrogen-bond acceptors (Lipinski definition) is 7. The molecule has 146 valence electrons. The Labute approximate surface area is 163 Å². The number of rotatable bonds is 7. The van der Waals surface area contributed by atoms with Gasteiger partial charge in [0.2, 0.25) is 11.8 Å². The maximum atomic E-state index is 12.3. The first-order chi connectivity index (χ1) is 12.8. The second kappa shape index (κ2) is 8.43. The van der Waals surface area contributed by atoms with E-state index in [2.05, 4.69) is 22.4 Å². The van der Waals surface area contributed by atoms with Gasteiger partial charge < -0.3 is 9.73 Å². The monoisotopic (exact) mass is 409 g/mol. The van der Waals surface area contributed by atoms with E-state index in [1.54, 1.807) is 6.92 Å². The number of nitrogens with one attached hydrogen (secondary N) is 1. The van der Waals surface area contributed by atoms with Crippen molar-refractivity contribution in [2.75, 3.05) is 16.8 Å². The van der Waals surface area contributed by atoms with Crippen molar-refractivity contribution in [3.05, 3.63) is 35.7 Å². The van der Waals surface area contributed by atoms with E-state index >= 15 is 0 Å². The van der Waals surface area contributed by atoms with Gasteiger partial charge in [-0.05, 0) is 43.4 Å². The van der Waals surface area contributed by atoms with Gasteiger partial charge in [-0.3, -0.25) is 4.79 Å². The lowest BCUT2D eigenvalue weighted by Crippen LogP contribution is -2.22. The Hall–Kier alpha value is -1.87. The van der Waals surface area contributed by atoms with Gasteiger partial charge >= 0.3 is 0 Å². The Morgan fingerprint density at radius 1 is 1.33 bits per heavy atom. The molecule has 0 aliphatic carbocycles. The summed E-state index contributed by atoms with van der Waals surface area (Å²) >= 11 is 1.19. The molecule has 1 saturated heterocycles. The van der Waals surface area contributed by atoms with Gasteiger partial charge in [0.1, 0.15) is 0 Å². The number of nitrogens with zero attached hydrogens (tertiary/aromatic N) is 2. The summed E-state index contributed by atoms with van der Waals surface area (Å²) in [5.41, 5.74) is 1.96. The fourth-order valence-electron chi connectivity index (χ4n) is 2.92. The molecular weight excluding hydrogens is 386 g/mol. The van der Waals surface area contributed by atoms with E-state index in [-0.39, 0.29) is 23.3 Å². The van der Waals surface area contributed by atoms with Crippen LogP contribution < -0.4 is 5.32 Å². The molecule has 1 N–H and O–H groups in total. The van der Waals surface area contributed by atoms with Crippen LogP contribution in [0.5, 0.6) is 0 Å². The summed E-state index contributed by atoms with van der Waals surface area (Å²) in [6.07, 6.45) is 2.03. The number of carbonyl (C=O) groups is 1. The van der Waals surface area contributed by atoms with Crippen LogP contribution in [0.15, 0.2) is 33.9 Å². The quantitative estimate of drug-likeness (QED) is 0.702. The highest BCUT2D eigenvalue weighted by molar-refractivity contribution is 8.00. The second-order valence-electron chi connectivity index (χ2n) is 6.73. The molecule has 0 saturated carbocycles. The van der Waals surface area contributed by atoms with Crippen LogP contribution in [0, 0.1) is 5.92 Å². The fraction of sp³-hybridized carbons (Fsp3) is 0.500. The number of benzene rings is 1. The number of thioether (sulfide) groups is 1. The summed E-state index contributed by atoms with van der Waals surface area (Å²) < 4.78 is 28.6. The van der Waals surface area contributed by atoms with E-state index in [0.717, 1.165) is 12.1 Å². The summed E-state index contributed by atoms with van der Waals surface area (Å²) in [6.45, 7) is 3.85. The fourth-order valence-corrected chi connectivity index (χ4v) is 5.48. The van der Waals surface area contributed by atoms with Crippen LogP contribution in [-0.2, 0) is 27.5 Å². The topological polar surface area (TPSA) is 102 Å². The van der Waals surface area contributed by atoms with Gasteiger partial charge in [0.25, 0.3) is 5.22 Å². The Morgan fingerprint density at radius 3 is 2.70 bits per heavy atom. The van der Waals surface area contributed by atoms with Gasteiger partial charge in [0.15, 0.2) is 9.84 Å². The molecule has 7 nitrogen and oxygen atoms in total. The molecule has 27 heavy (non-hydrogen) atoms. The van der Waals surface area contributed by atoms with E-state index in [1.165, 1.54) is 17.3 Å². The third-order valence-corrected chi connectivity index (χ3v) is 7.29. The molecule has 1 amide bonds. The van der Waals surface area contributed by atoms with E-state index < -0.39 is 15.1 Å². The number of carbonyl (C=O) groups excluding carboxylic acids is 1. The van der Waals surface area contributed by atoms with Gasteiger partial charge in [0, 0.05) is 12.1 Å².